The monoisotopic (exact) mass is 438 g/mol. The van der Waals surface area contributed by atoms with Gasteiger partial charge in [-0.15, -0.1) is 0 Å². The Kier molecular flexibility index (Phi) is 4.10. The maximum atomic E-state index is 15.4. The van der Waals surface area contributed by atoms with Crippen molar-refractivity contribution in [2.45, 2.75) is 38.5 Å². The van der Waals surface area contributed by atoms with E-state index in [2.05, 4.69) is 25.5 Å². The molecule has 0 aliphatic heterocycles. The zero-order chi connectivity index (χ0) is 22.1. The minimum Gasteiger partial charge on any atom is -0.388 e. The second-order valence-electron chi connectivity index (χ2n) is 8.68. The number of anilines is 1. The van der Waals surface area contributed by atoms with Crippen molar-refractivity contribution in [3.63, 3.8) is 0 Å². The first-order chi connectivity index (χ1) is 15.4. The number of aromatic amines is 1. The van der Waals surface area contributed by atoms with Gasteiger partial charge in [-0.25, -0.2) is 13.8 Å². The van der Waals surface area contributed by atoms with Crippen LogP contribution in [0.15, 0.2) is 24.8 Å². The molecule has 2 aliphatic rings. The Balaban J connectivity index is 1.42. The summed E-state index contributed by atoms with van der Waals surface area (Å²) in [5.74, 6) is -1.11. The molecule has 0 saturated heterocycles. The smallest absolute Gasteiger partial charge is 0.231 e. The van der Waals surface area contributed by atoms with Crippen molar-refractivity contribution in [2.75, 3.05) is 5.32 Å². The molecule has 2 saturated carbocycles. The molecule has 1 amide bonds. The van der Waals surface area contributed by atoms with Crippen LogP contribution in [0.2, 0.25) is 0 Å². The lowest BCUT2D eigenvalue weighted by Crippen LogP contribution is -2.15. The fourth-order valence-electron chi connectivity index (χ4n) is 4.30. The number of aliphatic hydroxyl groups is 1. The molecule has 6 rings (SSSR count). The van der Waals surface area contributed by atoms with Gasteiger partial charge in [-0.2, -0.15) is 5.10 Å². The van der Waals surface area contributed by atoms with E-state index in [-0.39, 0.29) is 17.9 Å². The number of nitrogens with zero attached hydrogens (tertiary/aromatic N) is 4. The van der Waals surface area contributed by atoms with Crippen molar-refractivity contribution in [3.05, 3.63) is 41.7 Å². The zero-order valence-corrected chi connectivity index (χ0v) is 17.1. The Morgan fingerprint density at radius 2 is 2.12 bits per heavy atom. The number of benzene rings is 1. The van der Waals surface area contributed by atoms with E-state index < -0.39 is 29.9 Å². The molecule has 3 N–H and O–H groups in total. The summed E-state index contributed by atoms with van der Waals surface area (Å²) in [7, 11) is 0. The van der Waals surface area contributed by atoms with Crippen LogP contribution in [0.3, 0.4) is 0 Å². The molecule has 0 spiro atoms. The molecule has 0 bridgehead atoms. The number of carbonyl (C=O) groups is 1. The second-order valence-corrected chi connectivity index (χ2v) is 8.68. The van der Waals surface area contributed by atoms with Crippen molar-refractivity contribution in [1.29, 1.82) is 0 Å². The van der Waals surface area contributed by atoms with Gasteiger partial charge < -0.3 is 14.8 Å². The molecule has 2 fully saturated rings. The SMILES string of the molecule is Cc1c(F)c(C(O)C2CC2)c2[nH]ncc2c1-c1cn2cc(NC(=O)[C@@H]3C[C@@H]3F)nc2cn1. The molecule has 4 aromatic rings. The van der Waals surface area contributed by atoms with Gasteiger partial charge >= 0.3 is 0 Å². The minimum absolute atomic E-state index is 0.0682. The highest BCUT2D eigenvalue weighted by Gasteiger charge is 2.43. The lowest BCUT2D eigenvalue weighted by Gasteiger charge is -2.17. The average molecular weight is 438 g/mol. The van der Waals surface area contributed by atoms with Gasteiger partial charge in [0.25, 0.3) is 0 Å². The quantitative estimate of drug-likeness (QED) is 0.442. The summed E-state index contributed by atoms with van der Waals surface area (Å²) >= 11 is 0. The number of imidazole rings is 1. The highest BCUT2D eigenvalue weighted by atomic mass is 19.1. The summed E-state index contributed by atoms with van der Waals surface area (Å²) in [4.78, 5) is 20.8. The van der Waals surface area contributed by atoms with E-state index in [0.717, 1.165) is 12.8 Å². The van der Waals surface area contributed by atoms with Crippen molar-refractivity contribution in [3.8, 4) is 11.3 Å². The van der Waals surface area contributed by atoms with Gasteiger partial charge in [0.05, 0.1) is 41.8 Å². The lowest BCUT2D eigenvalue weighted by atomic mass is 9.93. The highest BCUT2D eigenvalue weighted by Crippen LogP contribution is 2.45. The van der Waals surface area contributed by atoms with Gasteiger partial charge in [0.15, 0.2) is 11.5 Å². The minimum atomic E-state index is -1.09. The van der Waals surface area contributed by atoms with Gasteiger partial charge in [0.1, 0.15) is 12.0 Å². The molecule has 8 nitrogen and oxygen atoms in total. The number of hydrogen-bond acceptors (Lipinski definition) is 5. The molecule has 0 radical (unpaired) electrons. The number of nitrogens with one attached hydrogen (secondary N) is 2. The van der Waals surface area contributed by atoms with E-state index in [4.69, 9.17) is 0 Å². The van der Waals surface area contributed by atoms with Crippen LogP contribution >= 0.6 is 0 Å². The molecule has 10 heteroatoms. The fraction of sp³-hybridized carbons (Fsp3) is 0.364. The number of H-pyrrole nitrogens is 1. The van der Waals surface area contributed by atoms with Gasteiger partial charge in [-0.1, -0.05) is 0 Å². The molecule has 2 aliphatic carbocycles. The molecule has 1 unspecified atom stereocenters. The van der Waals surface area contributed by atoms with Crippen molar-refractivity contribution in [1.82, 2.24) is 24.6 Å². The summed E-state index contributed by atoms with van der Waals surface area (Å²) in [5, 5.41) is 20.9. The molecular formula is C22H20F2N6O2. The van der Waals surface area contributed by atoms with E-state index in [1.165, 1.54) is 6.20 Å². The first-order valence-corrected chi connectivity index (χ1v) is 10.6. The number of halogens is 2. The maximum absolute atomic E-state index is 15.4. The second kappa shape index (κ2) is 6.80. The van der Waals surface area contributed by atoms with Crippen LogP contribution in [0.4, 0.5) is 14.6 Å². The Morgan fingerprint density at radius 3 is 2.84 bits per heavy atom. The topological polar surface area (TPSA) is 108 Å². The number of aromatic nitrogens is 5. The van der Waals surface area contributed by atoms with Gasteiger partial charge in [0.2, 0.25) is 5.91 Å². The van der Waals surface area contributed by atoms with Crippen molar-refractivity contribution in [2.24, 2.45) is 11.8 Å². The van der Waals surface area contributed by atoms with E-state index >= 15 is 4.39 Å². The molecule has 3 heterocycles. The van der Waals surface area contributed by atoms with Crippen molar-refractivity contribution < 1.29 is 18.7 Å². The fourth-order valence-corrected chi connectivity index (χ4v) is 4.30. The van der Waals surface area contributed by atoms with Gasteiger partial charge in [0, 0.05) is 22.7 Å². The predicted octanol–water partition coefficient (Wildman–Crippen LogP) is 3.46. The van der Waals surface area contributed by atoms with Crippen LogP contribution in [0.5, 0.6) is 0 Å². The number of amides is 1. The Labute approximate surface area is 180 Å². The number of fused-ring (bicyclic) bond motifs is 2. The summed E-state index contributed by atoms with van der Waals surface area (Å²) in [5.41, 5.74) is 2.64. The Bertz CT molecular complexity index is 1390. The van der Waals surface area contributed by atoms with Crippen LogP contribution in [0, 0.1) is 24.6 Å². The van der Waals surface area contributed by atoms with Crippen LogP contribution in [0.1, 0.15) is 36.5 Å². The number of carbonyl (C=O) groups excluding carboxylic acids is 1. The highest BCUT2D eigenvalue weighted by molar-refractivity contribution is 5.97. The lowest BCUT2D eigenvalue weighted by molar-refractivity contribution is -0.117. The standard InChI is InChI=1S/C22H20F2N6O2/c1-9-17(12-5-26-29-20(12)18(19(9)24)21(31)10-2-3-10)14-7-30-8-15(27-16(30)6-25-14)28-22(32)11-4-13(11)23/h5-8,10-11,13,21,31H,2-4H2,1H3,(H,26,29)(H,28,32)/t11-,13+,21?/m1/s1. The summed E-state index contributed by atoms with van der Waals surface area (Å²) < 4.78 is 30.2. The molecule has 1 aromatic carbocycles. The molecule has 3 atom stereocenters. The van der Waals surface area contributed by atoms with Crippen LogP contribution < -0.4 is 5.32 Å². The summed E-state index contributed by atoms with van der Waals surface area (Å²) in [6, 6.07) is 0. The number of aliphatic hydroxyl groups excluding tert-OH is 1. The third kappa shape index (κ3) is 2.97. The van der Waals surface area contributed by atoms with E-state index in [1.54, 1.807) is 29.9 Å². The maximum Gasteiger partial charge on any atom is 0.231 e. The zero-order valence-electron chi connectivity index (χ0n) is 17.1. The number of hydrogen-bond donors (Lipinski definition) is 3. The van der Waals surface area contributed by atoms with E-state index in [0.29, 0.717) is 39.2 Å². The molecule has 32 heavy (non-hydrogen) atoms. The normalized spacial score (nSPS) is 21.2. The molecule has 3 aromatic heterocycles. The Hall–Kier alpha value is -3.40. The predicted molar refractivity (Wildman–Crippen MR) is 112 cm³/mol. The Morgan fingerprint density at radius 1 is 1.34 bits per heavy atom. The van der Waals surface area contributed by atoms with E-state index in [1.807, 2.05) is 0 Å². The largest absolute Gasteiger partial charge is 0.388 e. The van der Waals surface area contributed by atoms with Crippen LogP contribution in [0.25, 0.3) is 27.8 Å². The summed E-state index contributed by atoms with van der Waals surface area (Å²) in [6.07, 6.45) is 6.46. The first kappa shape index (κ1) is 19.3. The first-order valence-electron chi connectivity index (χ1n) is 10.6. The number of rotatable bonds is 5. The molecular weight excluding hydrogens is 418 g/mol. The van der Waals surface area contributed by atoms with Gasteiger partial charge in [-0.3, -0.25) is 14.9 Å². The van der Waals surface area contributed by atoms with Gasteiger partial charge in [-0.05, 0) is 37.7 Å². The van der Waals surface area contributed by atoms with E-state index in [9.17, 15) is 14.3 Å². The summed E-state index contributed by atoms with van der Waals surface area (Å²) in [6.45, 7) is 1.66. The van der Waals surface area contributed by atoms with Crippen molar-refractivity contribution >= 4 is 28.3 Å². The van der Waals surface area contributed by atoms with Crippen LogP contribution in [-0.4, -0.2) is 41.8 Å². The molecule has 164 valence electrons. The average Bonchev–Trinajstić information content (AvgIpc) is 3.66. The third-order valence-corrected chi connectivity index (χ3v) is 6.38. The van der Waals surface area contributed by atoms with Crippen LogP contribution in [-0.2, 0) is 4.79 Å². The third-order valence-electron chi connectivity index (χ3n) is 6.38. The number of alkyl halides is 1.